The monoisotopic (exact) mass is 766 g/mol. The van der Waals surface area contributed by atoms with Crippen molar-refractivity contribution in [2.24, 2.45) is 23.7 Å². The zero-order valence-electron chi connectivity index (χ0n) is 34.2. The van der Waals surface area contributed by atoms with Gasteiger partial charge in [-0.2, -0.15) is 0 Å². The summed E-state index contributed by atoms with van der Waals surface area (Å²) in [6, 6.07) is 9.56. The van der Waals surface area contributed by atoms with Crippen LogP contribution in [0.1, 0.15) is 109 Å². The summed E-state index contributed by atoms with van der Waals surface area (Å²) in [5.74, 6) is -0.937. The van der Waals surface area contributed by atoms with Crippen molar-refractivity contribution < 1.29 is 28.7 Å². The molecule has 2 aliphatic rings. The third-order valence-electron chi connectivity index (χ3n) is 12.4. The standard InChI is InChI=1S/C43H66N4O6S/c1-10-29(4)39(46(7)42(51)33(28(2)3)26-37(49)43(6)19-15-20-45-43)36(52-8)27-38(50)47-22-14-18-34(47)40(53-9)30(5)35(48)25-32(41-44-21-23-54-41)24-31-16-12-11-13-17-31/h11-13,16-17,21,23,28-30,32-34,36,39-40,45H,10,14-15,18-20,22,24-27H2,1-9H3/t29?,30?,32?,33-,34?,36?,39?,40?,43?/m0/s1. The third kappa shape index (κ3) is 10.6. The number of hydrogen-bond donors (Lipinski definition) is 1. The van der Waals surface area contributed by atoms with E-state index in [1.165, 1.54) is 0 Å². The van der Waals surface area contributed by atoms with Gasteiger partial charge in [-0.1, -0.05) is 71.4 Å². The molecule has 0 bridgehead atoms. The smallest absolute Gasteiger partial charge is 0.226 e. The van der Waals surface area contributed by atoms with Crippen LogP contribution >= 0.6 is 11.3 Å². The summed E-state index contributed by atoms with van der Waals surface area (Å²) in [4.78, 5) is 64.3. The fourth-order valence-corrected chi connectivity index (χ4v) is 9.52. The van der Waals surface area contributed by atoms with Gasteiger partial charge in [0.15, 0.2) is 5.78 Å². The normalized spacial score (nSPS) is 22.7. The lowest BCUT2D eigenvalue weighted by Crippen LogP contribution is -2.54. The summed E-state index contributed by atoms with van der Waals surface area (Å²) >= 11 is 1.57. The first-order valence-corrected chi connectivity index (χ1v) is 21.0. The van der Waals surface area contributed by atoms with Crippen molar-refractivity contribution in [3.8, 4) is 0 Å². The van der Waals surface area contributed by atoms with Crippen molar-refractivity contribution in [3.05, 3.63) is 52.5 Å². The summed E-state index contributed by atoms with van der Waals surface area (Å²) in [5, 5.41) is 6.25. The SMILES string of the molecule is CCC(C)C(C(CC(=O)N1CCCC1C(OC)C(C)C(=O)CC(Cc1ccccc1)c1nccs1)OC)N(C)C(=O)[C@@H](CC(=O)C1(C)CCCN1)C(C)C. The van der Waals surface area contributed by atoms with E-state index >= 15 is 0 Å². The summed E-state index contributed by atoms with van der Waals surface area (Å²) in [7, 11) is 5.04. The Hall–Kier alpha value is -2.99. The maximum atomic E-state index is 14.3. The molecule has 3 heterocycles. The Balaban J connectivity index is 1.47. The Bertz CT molecular complexity index is 1500. The van der Waals surface area contributed by atoms with Gasteiger partial charge in [0.2, 0.25) is 11.8 Å². The van der Waals surface area contributed by atoms with E-state index in [1.54, 1.807) is 43.7 Å². The van der Waals surface area contributed by atoms with Gasteiger partial charge in [-0.3, -0.25) is 19.2 Å². The van der Waals surface area contributed by atoms with Crippen LogP contribution in [0.5, 0.6) is 0 Å². The molecule has 0 saturated carbocycles. The van der Waals surface area contributed by atoms with Gasteiger partial charge < -0.3 is 24.6 Å². The van der Waals surface area contributed by atoms with E-state index < -0.39 is 29.6 Å². The molecule has 300 valence electrons. The first-order valence-electron chi connectivity index (χ1n) is 20.1. The number of ketones is 2. The quantitative estimate of drug-likeness (QED) is 0.149. The topological polar surface area (TPSA) is 118 Å². The Morgan fingerprint density at radius 2 is 1.76 bits per heavy atom. The van der Waals surface area contributed by atoms with Gasteiger partial charge in [0, 0.05) is 70.0 Å². The molecule has 54 heavy (non-hydrogen) atoms. The largest absolute Gasteiger partial charge is 0.379 e. The molecule has 1 aromatic carbocycles. The molecule has 1 aromatic heterocycles. The number of rotatable bonds is 21. The lowest BCUT2D eigenvalue weighted by Gasteiger charge is -2.41. The second-order valence-corrected chi connectivity index (χ2v) is 17.3. The molecule has 8 unspecified atom stereocenters. The van der Waals surface area contributed by atoms with E-state index in [-0.39, 0.29) is 66.1 Å². The van der Waals surface area contributed by atoms with Gasteiger partial charge in [0.25, 0.3) is 0 Å². The number of nitrogens with one attached hydrogen (secondary N) is 1. The second kappa shape index (κ2) is 20.3. The molecule has 2 aliphatic heterocycles. The number of hydrogen-bond acceptors (Lipinski definition) is 9. The first-order chi connectivity index (χ1) is 25.8. The van der Waals surface area contributed by atoms with Crippen molar-refractivity contribution in [1.29, 1.82) is 0 Å². The number of benzene rings is 1. The third-order valence-corrected chi connectivity index (χ3v) is 13.4. The Morgan fingerprint density at radius 1 is 1.04 bits per heavy atom. The van der Waals surface area contributed by atoms with Gasteiger partial charge >= 0.3 is 0 Å². The predicted octanol–water partition coefficient (Wildman–Crippen LogP) is 6.72. The van der Waals surface area contributed by atoms with Crippen LogP contribution in [-0.2, 0) is 35.1 Å². The molecule has 11 heteroatoms. The van der Waals surface area contributed by atoms with E-state index in [2.05, 4.69) is 36.3 Å². The van der Waals surface area contributed by atoms with Crippen LogP contribution in [0, 0.1) is 23.7 Å². The van der Waals surface area contributed by atoms with E-state index in [1.807, 2.05) is 56.2 Å². The molecule has 9 atom stereocenters. The van der Waals surface area contributed by atoms with E-state index in [9.17, 15) is 19.2 Å². The Morgan fingerprint density at radius 3 is 2.33 bits per heavy atom. The maximum absolute atomic E-state index is 14.3. The van der Waals surface area contributed by atoms with Gasteiger partial charge in [-0.15, -0.1) is 11.3 Å². The number of Topliss-reactive ketones (excluding diaryl/α,β-unsaturated/α-hetero) is 2. The van der Waals surface area contributed by atoms with Crippen molar-refractivity contribution in [3.63, 3.8) is 0 Å². The van der Waals surface area contributed by atoms with Gasteiger partial charge in [0.1, 0.15) is 5.78 Å². The van der Waals surface area contributed by atoms with Crippen LogP contribution in [-0.4, -0.2) is 102 Å². The highest BCUT2D eigenvalue weighted by Gasteiger charge is 2.44. The minimum absolute atomic E-state index is 0.0367. The number of nitrogens with zero attached hydrogens (tertiary/aromatic N) is 3. The summed E-state index contributed by atoms with van der Waals surface area (Å²) < 4.78 is 12.2. The minimum atomic E-state index is -0.594. The molecule has 2 saturated heterocycles. The highest BCUT2D eigenvalue weighted by Crippen LogP contribution is 2.34. The number of ether oxygens (including phenoxy) is 2. The summed E-state index contributed by atoms with van der Waals surface area (Å²) in [5.41, 5.74) is 0.567. The molecular weight excluding hydrogens is 701 g/mol. The van der Waals surface area contributed by atoms with Crippen LogP contribution < -0.4 is 5.32 Å². The van der Waals surface area contributed by atoms with Crippen LogP contribution in [0.4, 0.5) is 0 Å². The maximum Gasteiger partial charge on any atom is 0.226 e. The molecule has 1 N–H and O–H groups in total. The Labute approximate surface area is 328 Å². The molecule has 10 nitrogen and oxygen atoms in total. The molecule has 0 spiro atoms. The number of likely N-dealkylation sites (N-methyl/N-ethyl adjacent to an activating group) is 1. The average Bonchev–Trinajstić information content (AvgIpc) is 3.97. The molecule has 2 amide bonds. The first kappa shape index (κ1) is 43.7. The second-order valence-electron chi connectivity index (χ2n) is 16.4. The number of methoxy groups -OCH3 is 2. The average molecular weight is 767 g/mol. The van der Waals surface area contributed by atoms with E-state index in [4.69, 9.17) is 9.47 Å². The predicted molar refractivity (Wildman–Crippen MR) is 214 cm³/mol. The van der Waals surface area contributed by atoms with Gasteiger partial charge in [0.05, 0.1) is 41.3 Å². The number of amides is 2. The zero-order chi connectivity index (χ0) is 39.6. The number of carbonyl (C=O) groups excluding carboxylic acids is 4. The lowest BCUT2D eigenvalue weighted by atomic mass is 9.82. The number of aromatic nitrogens is 1. The Kier molecular flexibility index (Phi) is 16.4. The number of carbonyl (C=O) groups is 4. The van der Waals surface area contributed by atoms with E-state index in [0.29, 0.717) is 13.0 Å². The van der Waals surface area contributed by atoms with Crippen molar-refractivity contribution >= 4 is 34.7 Å². The van der Waals surface area contributed by atoms with Crippen molar-refractivity contribution in [1.82, 2.24) is 20.1 Å². The number of likely N-dealkylation sites (tertiary alicyclic amines) is 1. The van der Waals surface area contributed by atoms with Crippen molar-refractivity contribution in [2.45, 2.75) is 135 Å². The highest BCUT2D eigenvalue weighted by atomic mass is 32.1. The zero-order valence-corrected chi connectivity index (χ0v) is 35.0. The van der Waals surface area contributed by atoms with Crippen LogP contribution in [0.25, 0.3) is 0 Å². The minimum Gasteiger partial charge on any atom is -0.379 e. The summed E-state index contributed by atoms with van der Waals surface area (Å²) in [6.45, 7) is 13.4. The van der Waals surface area contributed by atoms with E-state index in [0.717, 1.165) is 55.6 Å². The van der Waals surface area contributed by atoms with Gasteiger partial charge in [-0.25, -0.2) is 4.98 Å². The molecular formula is C43H66N4O6S. The lowest BCUT2D eigenvalue weighted by molar-refractivity contribution is -0.149. The highest BCUT2D eigenvalue weighted by molar-refractivity contribution is 7.09. The summed E-state index contributed by atoms with van der Waals surface area (Å²) in [6.07, 6.45) is 6.16. The fraction of sp³-hybridized carbons (Fsp3) is 0.698. The van der Waals surface area contributed by atoms with Crippen LogP contribution in [0.3, 0.4) is 0 Å². The molecule has 4 rings (SSSR count). The molecule has 0 radical (unpaired) electrons. The fourth-order valence-electron chi connectivity index (χ4n) is 8.78. The molecule has 0 aliphatic carbocycles. The van der Waals surface area contributed by atoms with Crippen LogP contribution in [0.15, 0.2) is 41.9 Å². The molecule has 2 aromatic rings. The van der Waals surface area contributed by atoms with Crippen molar-refractivity contribution in [2.75, 3.05) is 34.4 Å². The molecule has 2 fully saturated rings. The number of thiazole rings is 1. The van der Waals surface area contributed by atoms with Crippen LogP contribution in [0.2, 0.25) is 0 Å². The van der Waals surface area contributed by atoms with Gasteiger partial charge in [-0.05, 0) is 63.0 Å².